The van der Waals surface area contributed by atoms with Gasteiger partial charge >= 0.3 is 0 Å². The van der Waals surface area contributed by atoms with Gasteiger partial charge in [-0.1, -0.05) is 34.5 Å². The van der Waals surface area contributed by atoms with Crippen molar-refractivity contribution in [3.05, 3.63) is 34.3 Å². The zero-order valence-corrected chi connectivity index (χ0v) is 15.0. The number of amides is 1. The molecular weight excluding hydrogens is 340 g/mol. The second kappa shape index (κ2) is 9.31. The van der Waals surface area contributed by atoms with Gasteiger partial charge in [0, 0.05) is 17.4 Å². The van der Waals surface area contributed by atoms with Gasteiger partial charge in [-0.25, -0.2) is 0 Å². The molecule has 122 valence electrons. The fraction of sp³-hybridized carbons (Fsp3) is 0.611. The number of halogens is 1. The monoisotopic (exact) mass is 366 g/mol. The van der Waals surface area contributed by atoms with Crippen LogP contribution in [0.4, 0.5) is 0 Å². The van der Waals surface area contributed by atoms with Crippen molar-refractivity contribution in [3.8, 4) is 0 Å². The quantitative estimate of drug-likeness (QED) is 0.595. The van der Waals surface area contributed by atoms with E-state index in [0.29, 0.717) is 6.04 Å². The van der Waals surface area contributed by atoms with E-state index in [1.807, 2.05) is 0 Å². The molecule has 22 heavy (non-hydrogen) atoms. The van der Waals surface area contributed by atoms with Crippen LogP contribution in [-0.2, 0) is 11.2 Å². The second-order valence-electron chi connectivity index (χ2n) is 6.35. The van der Waals surface area contributed by atoms with E-state index in [2.05, 4.69) is 50.8 Å². The Kier molecular flexibility index (Phi) is 7.40. The van der Waals surface area contributed by atoms with Gasteiger partial charge in [-0.05, 0) is 68.8 Å². The zero-order valence-electron chi connectivity index (χ0n) is 13.4. The number of carbonyl (C=O) groups is 1. The molecule has 2 atom stereocenters. The van der Waals surface area contributed by atoms with Crippen LogP contribution in [0.2, 0.25) is 0 Å². The van der Waals surface area contributed by atoms with E-state index < -0.39 is 0 Å². The van der Waals surface area contributed by atoms with Crippen molar-refractivity contribution < 1.29 is 4.79 Å². The molecule has 1 aromatic carbocycles. The van der Waals surface area contributed by atoms with E-state index in [1.165, 1.54) is 24.8 Å². The number of hydrogen-bond acceptors (Lipinski definition) is 2. The van der Waals surface area contributed by atoms with Gasteiger partial charge in [0.25, 0.3) is 0 Å². The Morgan fingerprint density at radius 1 is 1.18 bits per heavy atom. The number of carbonyl (C=O) groups excluding carboxylic acids is 1. The average Bonchev–Trinajstić information content (AvgIpc) is 2.70. The number of nitrogens with one attached hydrogen (secondary N) is 2. The summed E-state index contributed by atoms with van der Waals surface area (Å²) in [5, 5.41) is 6.67. The summed E-state index contributed by atoms with van der Waals surface area (Å²) in [5.41, 5.74) is 1.38. The molecule has 0 spiro atoms. The Labute approximate surface area is 142 Å². The summed E-state index contributed by atoms with van der Waals surface area (Å²) in [4.78, 5) is 11.1. The van der Waals surface area contributed by atoms with Crippen LogP contribution in [0.1, 0.15) is 44.6 Å². The fourth-order valence-corrected chi connectivity index (χ4v) is 3.47. The van der Waals surface area contributed by atoms with Crippen molar-refractivity contribution in [2.24, 2.45) is 5.92 Å². The van der Waals surface area contributed by atoms with Crippen molar-refractivity contribution >= 4 is 21.8 Å². The van der Waals surface area contributed by atoms with Gasteiger partial charge < -0.3 is 10.6 Å². The van der Waals surface area contributed by atoms with E-state index in [1.54, 1.807) is 6.92 Å². The molecule has 2 rings (SSSR count). The Balaban J connectivity index is 1.62. The highest BCUT2D eigenvalue weighted by Crippen LogP contribution is 2.22. The maximum atomic E-state index is 11.1. The molecule has 1 amide bonds. The molecule has 2 N–H and O–H groups in total. The minimum atomic E-state index is 0.107. The molecule has 1 fully saturated rings. The van der Waals surface area contributed by atoms with Crippen LogP contribution in [0.25, 0.3) is 0 Å². The Hall–Kier alpha value is -0.870. The molecule has 2 unspecified atom stereocenters. The molecule has 1 aromatic rings. The van der Waals surface area contributed by atoms with Gasteiger partial charge in [-0.3, -0.25) is 4.79 Å². The lowest BCUT2D eigenvalue weighted by atomic mass is 10.00. The van der Waals surface area contributed by atoms with E-state index in [0.717, 1.165) is 42.7 Å². The third kappa shape index (κ3) is 6.49. The first-order valence-electron chi connectivity index (χ1n) is 8.36. The van der Waals surface area contributed by atoms with Gasteiger partial charge in [-0.15, -0.1) is 0 Å². The van der Waals surface area contributed by atoms with E-state index >= 15 is 0 Å². The largest absolute Gasteiger partial charge is 0.354 e. The summed E-state index contributed by atoms with van der Waals surface area (Å²) in [6.07, 6.45) is 7.06. The Morgan fingerprint density at radius 2 is 1.95 bits per heavy atom. The highest BCUT2D eigenvalue weighted by molar-refractivity contribution is 9.10. The summed E-state index contributed by atoms with van der Waals surface area (Å²) >= 11 is 3.46. The lowest BCUT2D eigenvalue weighted by Crippen LogP contribution is -2.32. The summed E-state index contributed by atoms with van der Waals surface area (Å²) < 4.78 is 1.14. The Bertz CT molecular complexity index is 461. The smallest absolute Gasteiger partial charge is 0.217 e. The lowest BCUT2D eigenvalue weighted by Gasteiger charge is -2.16. The van der Waals surface area contributed by atoms with E-state index in [4.69, 9.17) is 0 Å². The first-order chi connectivity index (χ1) is 10.6. The summed E-state index contributed by atoms with van der Waals surface area (Å²) in [6.45, 7) is 3.75. The summed E-state index contributed by atoms with van der Waals surface area (Å²) in [7, 11) is 0. The minimum Gasteiger partial charge on any atom is -0.354 e. The van der Waals surface area contributed by atoms with Crippen molar-refractivity contribution in [2.75, 3.05) is 13.1 Å². The summed E-state index contributed by atoms with van der Waals surface area (Å²) in [5.74, 6) is 0.861. The number of benzene rings is 1. The Morgan fingerprint density at radius 3 is 2.68 bits per heavy atom. The van der Waals surface area contributed by atoms with E-state index in [9.17, 15) is 4.79 Å². The maximum absolute atomic E-state index is 11.1. The van der Waals surface area contributed by atoms with Gasteiger partial charge in [-0.2, -0.15) is 0 Å². The molecule has 0 aliphatic heterocycles. The lowest BCUT2D eigenvalue weighted by molar-refractivity contribution is -0.119. The van der Waals surface area contributed by atoms with Crippen LogP contribution >= 0.6 is 15.9 Å². The minimum absolute atomic E-state index is 0.107. The van der Waals surface area contributed by atoms with Crippen molar-refractivity contribution in [3.63, 3.8) is 0 Å². The van der Waals surface area contributed by atoms with E-state index in [-0.39, 0.29) is 5.91 Å². The number of rotatable bonds is 6. The summed E-state index contributed by atoms with van der Waals surface area (Å²) in [6, 6.07) is 8.95. The molecule has 0 saturated heterocycles. The first kappa shape index (κ1) is 17.5. The molecule has 3 nitrogen and oxygen atoms in total. The molecule has 0 heterocycles. The molecule has 1 aliphatic carbocycles. The first-order valence-corrected chi connectivity index (χ1v) is 9.15. The molecular formula is C18H27BrN2O. The normalized spacial score (nSPS) is 22.1. The maximum Gasteiger partial charge on any atom is 0.217 e. The standard InChI is InChI=1S/C18H27BrN2O/c1-14(22)21-18-4-2-3-16(7-10-18)13-20-12-11-15-5-8-17(19)9-6-15/h5-6,8-9,16,18,20H,2-4,7,10-13H2,1H3,(H,21,22). The van der Waals surface area contributed by atoms with Gasteiger partial charge in [0.05, 0.1) is 0 Å². The van der Waals surface area contributed by atoms with Crippen LogP contribution in [-0.4, -0.2) is 25.0 Å². The molecule has 1 aliphatic rings. The second-order valence-corrected chi connectivity index (χ2v) is 7.27. The molecule has 0 radical (unpaired) electrons. The highest BCUT2D eigenvalue weighted by Gasteiger charge is 2.18. The topological polar surface area (TPSA) is 41.1 Å². The molecule has 4 heteroatoms. The highest BCUT2D eigenvalue weighted by atomic mass is 79.9. The van der Waals surface area contributed by atoms with Crippen LogP contribution in [0.5, 0.6) is 0 Å². The predicted molar refractivity (Wildman–Crippen MR) is 94.9 cm³/mol. The predicted octanol–water partition coefficient (Wildman–Crippen LogP) is 3.67. The van der Waals surface area contributed by atoms with Crippen molar-refractivity contribution in [2.45, 2.75) is 51.5 Å². The van der Waals surface area contributed by atoms with Crippen LogP contribution in [0.15, 0.2) is 28.7 Å². The number of hydrogen-bond donors (Lipinski definition) is 2. The van der Waals surface area contributed by atoms with Crippen LogP contribution < -0.4 is 10.6 Å². The molecule has 0 aromatic heterocycles. The molecule has 1 saturated carbocycles. The van der Waals surface area contributed by atoms with Crippen molar-refractivity contribution in [1.82, 2.24) is 10.6 Å². The fourth-order valence-electron chi connectivity index (χ4n) is 3.20. The average molecular weight is 367 g/mol. The SMILES string of the molecule is CC(=O)NC1CCCC(CNCCc2ccc(Br)cc2)CC1. The van der Waals surface area contributed by atoms with Gasteiger partial charge in [0.2, 0.25) is 5.91 Å². The van der Waals surface area contributed by atoms with Gasteiger partial charge in [0.1, 0.15) is 0 Å². The van der Waals surface area contributed by atoms with Crippen LogP contribution in [0, 0.1) is 5.92 Å². The van der Waals surface area contributed by atoms with Crippen molar-refractivity contribution in [1.29, 1.82) is 0 Å². The third-order valence-corrected chi connectivity index (χ3v) is 4.96. The third-order valence-electron chi connectivity index (χ3n) is 4.43. The van der Waals surface area contributed by atoms with Gasteiger partial charge in [0.15, 0.2) is 0 Å². The zero-order chi connectivity index (χ0) is 15.8. The molecule has 0 bridgehead atoms. The van der Waals surface area contributed by atoms with Crippen LogP contribution in [0.3, 0.4) is 0 Å².